The summed E-state index contributed by atoms with van der Waals surface area (Å²) in [6.07, 6.45) is 13.5. The molecule has 126 valence electrons. The average Bonchev–Trinajstić information content (AvgIpc) is 2.85. The fourth-order valence-corrected chi connectivity index (χ4v) is 7.46. The van der Waals surface area contributed by atoms with E-state index in [0.717, 1.165) is 23.7 Å². The highest BCUT2D eigenvalue weighted by Crippen LogP contribution is 2.67. The Kier molecular flexibility index (Phi) is 3.49. The lowest BCUT2D eigenvalue weighted by Gasteiger charge is -2.58. The average molecular weight is 311 g/mol. The maximum absolute atomic E-state index is 4.35. The predicted octanol–water partition coefficient (Wildman–Crippen LogP) is 6.70. The van der Waals surface area contributed by atoms with Crippen LogP contribution in [-0.2, 0) is 0 Å². The second-order valence-corrected chi connectivity index (χ2v) is 9.68. The van der Waals surface area contributed by atoms with Gasteiger partial charge in [-0.15, -0.1) is 0 Å². The Bertz CT molecular complexity index is 579. The van der Waals surface area contributed by atoms with E-state index in [2.05, 4.69) is 40.0 Å². The smallest absolute Gasteiger partial charge is 0.00790 e. The number of fused-ring (bicyclic) bond motifs is 5. The quantitative estimate of drug-likeness (QED) is 0.473. The topological polar surface area (TPSA) is 0 Å². The summed E-state index contributed by atoms with van der Waals surface area (Å²) in [6.45, 7) is 16.1. The van der Waals surface area contributed by atoms with Crippen LogP contribution in [0.1, 0.15) is 72.1 Å². The summed E-state index contributed by atoms with van der Waals surface area (Å²) in [5.74, 6) is 3.62. The molecular formula is C23H34. The molecule has 0 radical (unpaired) electrons. The van der Waals surface area contributed by atoms with Gasteiger partial charge in [0.2, 0.25) is 0 Å². The minimum atomic E-state index is 0.479. The zero-order chi connectivity index (χ0) is 16.4. The van der Waals surface area contributed by atoms with E-state index in [9.17, 15) is 0 Å². The Morgan fingerprint density at radius 3 is 2.57 bits per heavy atom. The van der Waals surface area contributed by atoms with Gasteiger partial charge in [0, 0.05) is 0 Å². The van der Waals surface area contributed by atoms with Gasteiger partial charge in [0.05, 0.1) is 0 Å². The summed E-state index contributed by atoms with van der Waals surface area (Å²) in [5.41, 5.74) is 5.59. The summed E-state index contributed by atoms with van der Waals surface area (Å²) in [6, 6.07) is 0. The molecular weight excluding hydrogens is 276 g/mol. The third-order valence-corrected chi connectivity index (χ3v) is 8.67. The standard InChI is InChI=1S/C23H34/c1-15(2)19-8-9-20-18-7-6-17-14-16(3)10-12-22(17,4)21(18)11-13-23(19,20)5/h14,18-21H,1,3,6-13H2,2,4-5H3/t18?,19-,20?,21?,22+,23-/m1/s1. The molecule has 0 aromatic carbocycles. The minimum Gasteiger partial charge on any atom is -0.0998 e. The number of hydrogen-bond acceptors (Lipinski definition) is 0. The van der Waals surface area contributed by atoms with Gasteiger partial charge in [-0.05, 0) is 92.8 Å². The van der Waals surface area contributed by atoms with E-state index in [1.807, 2.05) is 0 Å². The SMILES string of the molecule is C=C1C=C2CCC3C(CC[C@@]4(C)C3CC[C@@H]4C(=C)C)[C@@]2(C)CC1. The molecule has 0 N–H and O–H groups in total. The molecule has 4 rings (SSSR count). The van der Waals surface area contributed by atoms with Crippen LogP contribution in [0.15, 0.2) is 36.0 Å². The van der Waals surface area contributed by atoms with Crippen molar-refractivity contribution in [3.8, 4) is 0 Å². The van der Waals surface area contributed by atoms with Crippen molar-refractivity contribution in [1.29, 1.82) is 0 Å². The van der Waals surface area contributed by atoms with Crippen LogP contribution in [0.3, 0.4) is 0 Å². The van der Waals surface area contributed by atoms with Crippen molar-refractivity contribution >= 4 is 0 Å². The van der Waals surface area contributed by atoms with Crippen LogP contribution < -0.4 is 0 Å². The number of rotatable bonds is 1. The van der Waals surface area contributed by atoms with Crippen molar-refractivity contribution in [2.45, 2.75) is 72.1 Å². The third-order valence-electron chi connectivity index (χ3n) is 8.67. The molecule has 0 heterocycles. The van der Waals surface area contributed by atoms with Crippen LogP contribution in [0.4, 0.5) is 0 Å². The van der Waals surface area contributed by atoms with Gasteiger partial charge in [-0.1, -0.05) is 49.8 Å². The molecule has 0 saturated heterocycles. The summed E-state index contributed by atoms with van der Waals surface area (Å²) in [4.78, 5) is 0. The van der Waals surface area contributed by atoms with Gasteiger partial charge >= 0.3 is 0 Å². The van der Waals surface area contributed by atoms with E-state index in [1.54, 1.807) is 5.57 Å². The van der Waals surface area contributed by atoms with Gasteiger partial charge in [0.15, 0.2) is 0 Å². The Morgan fingerprint density at radius 2 is 1.83 bits per heavy atom. The molecule has 0 aromatic rings. The molecule has 0 amide bonds. The number of hydrogen-bond donors (Lipinski definition) is 0. The van der Waals surface area contributed by atoms with Crippen LogP contribution in [0.5, 0.6) is 0 Å². The van der Waals surface area contributed by atoms with Gasteiger partial charge in [-0.2, -0.15) is 0 Å². The summed E-state index contributed by atoms with van der Waals surface area (Å²) in [5, 5.41) is 0. The Balaban J connectivity index is 1.67. The lowest BCUT2D eigenvalue weighted by molar-refractivity contribution is -0.0450. The second kappa shape index (κ2) is 5.11. The first-order chi connectivity index (χ1) is 10.9. The second-order valence-electron chi connectivity index (χ2n) is 9.68. The summed E-state index contributed by atoms with van der Waals surface area (Å²) >= 11 is 0. The molecule has 3 saturated carbocycles. The van der Waals surface area contributed by atoms with Crippen LogP contribution in [-0.4, -0.2) is 0 Å². The van der Waals surface area contributed by atoms with Crippen molar-refractivity contribution in [2.24, 2.45) is 34.5 Å². The summed E-state index contributed by atoms with van der Waals surface area (Å²) < 4.78 is 0. The molecule has 0 nitrogen and oxygen atoms in total. The zero-order valence-electron chi connectivity index (χ0n) is 15.5. The maximum Gasteiger partial charge on any atom is -0.00790 e. The molecule has 0 aromatic heterocycles. The number of allylic oxidation sites excluding steroid dienone is 4. The molecule has 0 aliphatic heterocycles. The van der Waals surface area contributed by atoms with Crippen molar-refractivity contribution in [2.75, 3.05) is 0 Å². The van der Waals surface area contributed by atoms with Gasteiger partial charge in [-0.25, -0.2) is 0 Å². The molecule has 0 heteroatoms. The molecule has 0 spiro atoms. The van der Waals surface area contributed by atoms with E-state index in [0.29, 0.717) is 10.8 Å². The molecule has 3 unspecified atom stereocenters. The van der Waals surface area contributed by atoms with Gasteiger partial charge in [-0.3, -0.25) is 0 Å². The van der Waals surface area contributed by atoms with Crippen molar-refractivity contribution in [3.63, 3.8) is 0 Å². The Morgan fingerprint density at radius 1 is 1.04 bits per heavy atom. The molecule has 3 fully saturated rings. The first-order valence-corrected chi connectivity index (χ1v) is 9.90. The lowest BCUT2D eigenvalue weighted by Crippen LogP contribution is -2.50. The zero-order valence-corrected chi connectivity index (χ0v) is 15.5. The van der Waals surface area contributed by atoms with Crippen LogP contribution in [0.2, 0.25) is 0 Å². The first-order valence-electron chi connectivity index (χ1n) is 9.90. The van der Waals surface area contributed by atoms with E-state index in [-0.39, 0.29) is 0 Å². The molecule has 23 heavy (non-hydrogen) atoms. The van der Waals surface area contributed by atoms with Crippen molar-refractivity contribution < 1.29 is 0 Å². The highest BCUT2D eigenvalue weighted by atomic mass is 14.6. The van der Waals surface area contributed by atoms with Gasteiger partial charge < -0.3 is 0 Å². The first kappa shape index (κ1) is 15.7. The summed E-state index contributed by atoms with van der Waals surface area (Å²) in [7, 11) is 0. The largest absolute Gasteiger partial charge is 0.0998 e. The van der Waals surface area contributed by atoms with Gasteiger partial charge in [0.25, 0.3) is 0 Å². The highest BCUT2D eigenvalue weighted by Gasteiger charge is 2.58. The van der Waals surface area contributed by atoms with Crippen LogP contribution in [0, 0.1) is 34.5 Å². The van der Waals surface area contributed by atoms with Crippen LogP contribution in [0.25, 0.3) is 0 Å². The third kappa shape index (κ3) is 2.09. The van der Waals surface area contributed by atoms with E-state index in [1.165, 1.54) is 62.5 Å². The molecule has 4 aliphatic rings. The van der Waals surface area contributed by atoms with Crippen molar-refractivity contribution in [1.82, 2.24) is 0 Å². The van der Waals surface area contributed by atoms with Gasteiger partial charge in [0.1, 0.15) is 0 Å². The van der Waals surface area contributed by atoms with Crippen molar-refractivity contribution in [3.05, 3.63) is 36.0 Å². The highest BCUT2D eigenvalue weighted by molar-refractivity contribution is 5.33. The van der Waals surface area contributed by atoms with E-state index in [4.69, 9.17) is 0 Å². The molecule has 0 bridgehead atoms. The van der Waals surface area contributed by atoms with E-state index >= 15 is 0 Å². The Labute approximate surface area is 143 Å². The normalized spacial score (nSPS) is 49.0. The fraction of sp³-hybridized carbons (Fsp3) is 0.739. The fourth-order valence-electron chi connectivity index (χ4n) is 7.46. The van der Waals surface area contributed by atoms with E-state index < -0.39 is 0 Å². The minimum absolute atomic E-state index is 0.479. The molecule has 6 atom stereocenters. The maximum atomic E-state index is 4.35. The Hall–Kier alpha value is -0.780. The monoisotopic (exact) mass is 310 g/mol. The molecule has 4 aliphatic carbocycles. The lowest BCUT2D eigenvalue weighted by atomic mass is 9.46. The van der Waals surface area contributed by atoms with Crippen LogP contribution >= 0.6 is 0 Å². The predicted molar refractivity (Wildman–Crippen MR) is 99.1 cm³/mol.